The summed E-state index contributed by atoms with van der Waals surface area (Å²) in [4.78, 5) is 12.5. The summed E-state index contributed by atoms with van der Waals surface area (Å²) in [6.45, 7) is 15.7. The van der Waals surface area contributed by atoms with Gasteiger partial charge in [-0.15, -0.1) is 6.58 Å². The number of carbonyl (C=O) groups is 1. The molecule has 3 saturated carbocycles. The lowest BCUT2D eigenvalue weighted by molar-refractivity contribution is -0.0563. The summed E-state index contributed by atoms with van der Waals surface area (Å²) in [7, 11) is 0. The Morgan fingerprint density at radius 3 is 2.62 bits per heavy atom. The van der Waals surface area contributed by atoms with Crippen LogP contribution >= 0.6 is 0 Å². The van der Waals surface area contributed by atoms with Gasteiger partial charge in [-0.05, 0) is 117 Å². The van der Waals surface area contributed by atoms with Gasteiger partial charge in [0.15, 0.2) is 0 Å². The highest BCUT2D eigenvalue weighted by Crippen LogP contribution is 2.67. The smallest absolute Gasteiger partial charge is 0.407 e. The normalized spacial score (nSPS) is 36.4. The van der Waals surface area contributed by atoms with E-state index >= 15 is 0 Å². The van der Waals surface area contributed by atoms with Crippen molar-refractivity contribution in [3.8, 4) is 0 Å². The van der Waals surface area contributed by atoms with Crippen molar-refractivity contribution >= 4 is 6.09 Å². The predicted octanol–water partition coefficient (Wildman–Crippen LogP) is 8.81. The first-order valence-corrected chi connectivity index (χ1v) is 16.7. The number of nitrogens with two attached hydrogens (primary N) is 1. The van der Waals surface area contributed by atoms with Gasteiger partial charge in [0.05, 0.1) is 0 Å². The van der Waals surface area contributed by atoms with Gasteiger partial charge in [0, 0.05) is 13.0 Å². The third-order valence-electron chi connectivity index (χ3n) is 11.9. The number of fused-ring (bicyclic) bond motifs is 5. The fourth-order valence-corrected chi connectivity index (χ4v) is 9.72. The maximum atomic E-state index is 12.5. The van der Waals surface area contributed by atoms with Crippen LogP contribution in [0, 0.1) is 46.3 Å². The molecule has 3 N–H and O–H groups in total. The van der Waals surface area contributed by atoms with Crippen LogP contribution < -0.4 is 11.1 Å². The minimum absolute atomic E-state index is 0.0296. The molecule has 4 nitrogen and oxygen atoms in total. The summed E-state index contributed by atoms with van der Waals surface area (Å²) in [5.74, 6) is 4.77. The molecule has 8 atom stereocenters. The van der Waals surface area contributed by atoms with Crippen LogP contribution in [0.4, 0.5) is 4.79 Å². The number of alkyl carbamates (subject to hydrolysis) is 1. The third-order valence-corrected chi connectivity index (χ3v) is 11.9. The number of hydrogen-bond acceptors (Lipinski definition) is 3. The van der Waals surface area contributed by atoms with Gasteiger partial charge in [-0.25, -0.2) is 4.79 Å². The first kappa shape index (κ1) is 30.7. The molecule has 0 bridgehead atoms. The highest BCUT2D eigenvalue weighted by Gasteiger charge is 2.59. The van der Waals surface area contributed by atoms with Crippen molar-refractivity contribution in [2.45, 2.75) is 130 Å². The number of hydrogen-bond donors (Lipinski definition) is 2. The van der Waals surface area contributed by atoms with Gasteiger partial charge in [0.25, 0.3) is 0 Å². The molecule has 0 aliphatic heterocycles. The van der Waals surface area contributed by atoms with Gasteiger partial charge in [-0.2, -0.15) is 0 Å². The number of amides is 1. The van der Waals surface area contributed by atoms with Crippen LogP contribution in [-0.4, -0.2) is 25.3 Å². The summed E-state index contributed by atoms with van der Waals surface area (Å²) >= 11 is 0. The molecular weight excluding hydrogens is 480 g/mol. The summed E-state index contributed by atoms with van der Waals surface area (Å²) < 4.78 is 5.91. The van der Waals surface area contributed by atoms with E-state index < -0.39 is 0 Å². The van der Waals surface area contributed by atoms with Crippen molar-refractivity contribution in [3.05, 3.63) is 24.3 Å². The predicted molar refractivity (Wildman–Crippen MR) is 163 cm³/mol. The largest absolute Gasteiger partial charge is 0.446 e. The molecule has 4 aliphatic carbocycles. The molecule has 4 aliphatic rings. The zero-order valence-electron chi connectivity index (χ0n) is 25.8. The van der Waals surface area contributed by atoms with E-state index in [9.17, 15) is 4.79 Å². The van der Waals surface area contributed by atoms with E-state index in [0.717, 1.165) is 81.1 Å². The van der Waals surface area contributed by atoms with Crippen molar-refractivity contribution in [1.29, 1.82) is 0 Å². The van der Waals surface area contributed by atoms with Crippen molar-refractivity contribution in [1.82, 2.24) is 5.32 Å². The molecule has 1 amide bonds. The monoisotopic (exact) mass is 540 g/mol. The highest BCUT2D eigenvalue weighted by molar-refractivity contribution is 5.67. The van der Waals surface area contributed by atoms with Crippen LogP contribution in [0.1, 0.15) is 124 Å². The summed E-state index contributed by atoms with van der Waals surface area (Å²) in [6.07, 6.45) is 22.9. The van der Waals surface area contributed by atoms with E-state index in [4.69, 9.17) is 10.5 Å². The Balaban J connectivity index is 1.33. The van der Waals surface area contributed by atoms with E-state index in [-0.39, 0.29) is 17.6 Å². The molecule has 0 aromatic carbocycles. The average molecular weight is 541 g/mol. The second-order valence-electron chi connectivity index (χ2n) is 14.6. The topological polar surface area (TPSA) is 64.3 Å². The van der Waals surface area contributed by atoms with Crippen molar-refractivity contribution < 1.29 is 9.53 Å². The molecule has 0 heterocycles. The Bertz CT molecular complexity index is 852. The summed E-state index contributed by atoms with van der Waals surface area (Å²) in [5.41, 5.74) is 7.91. The van der Waals surface area contributed by atoms with Crippen LogP contribution in [0.3, 0.4) is 0 Å². The Morgan fingerprint density at radius 1 is 1.08 bits per heavy atom. The number of nitrogens with one attached hydrogen (secondary N) is 1. The van der Waals surface area contributed by atoms with Crippen molar-refractivity contribution in [3.63, 3.8) is 0 Å². The maximum absolute atomic E-state index is 12.5. The molecule has 222 valence electrons. The van der Waals surface area contributed by atoms with E-state index in [1.165, 1.54) is 51.4 Å². The van der Waals surface area contributed by atoms with Crippen LogP contribution in [-0.2, 0) is 4.74 Å². The zero-order valence-corrected chi connectivity index (χ0v) is 25.8. The van der Waals surface area contributed by atoms with Gasteiger partial charge in [0.2, 0.25) is 0 Å². The highest BCUT2D eigenvalue weighted by atomic mass is 16.6. The molecule has 4 heteroatoms. The molecule has 39 heavy (non-hydrogen) atoms. The first-order chi connectivity index (χ1) is 18.7. The number of ether oxygens (including phenoxy) is 1. The average Bonchev–Trinajstić information content (AvgIpc) is 3.26. The first-order valence-electron chi connectivity index (χ1n) is 16.7. The second-order valence-corrected chi connectivity index (χ2v) is 14.6. The van der Waals surface area contributed by atoms with Gasteiger partial charge >= 0.3 is 6.09 Å². The SMILES string of the molecule is C=CC(CCCC(C)C)C1CCC2C3CC=C4CC(OC(=O)NCCCCCCN)CCC4(C)C3CCC12C. The Kier molecular flexibility index (Phi) is 10.7. The van der Waals surface area contributed by atoms with Crippen LogP contribution in [0.2, 0.25) is 0 Å². The van der Waals surface area contributed by atoms with Gasteiger partial charge in [-0.1, -0.05) is 71.1 Å². The molecular formula is C35H60N2O2. The zero-order chi connectivity index (χ0) is 28.0. The molecule has 8 unspecified atom stereocenters. The van der Waals surface area contributed by atoms with E-state index in [1.807, 2.05) is 0 Å². The lowest BCUT2D eigenvalue weighted by Gasteiger charge is -2.58. The molecule has 0 radical (unpaired) electrons. The fourth-order valence-electron chi connectivity index (χ4n) is 9.72. The number of rotatable bonds is 13. The van der Waals surface area contributed by atoms with Crippen LogP contribution in [0.5, 0.6) is 0 Å². The van der Waals surface area contributed by atoms with Crippen molar-refractivity contribution in [2.24, 2.45) is 52.1 Å². The Hall–Kier alpha value is -1.29. The minimum atomic E-state index is -0.229. The van der Waals surface area contributed by atoms with Gasteiger partial charge in [-0.3, -0.25) is 0 Å². The minimum Gasteiger partial charge on any atom is -0.446 e. The lowest BCUT2D eigenvalue weighted by atomic mass is 9.47. The molecule has 0 spiro atoms. The Labute approximate surface area is 240 Å². The molecule has 0 aromatic rings. The van der Waals surface area contributed by atoms with Crippen LogP contribution in [0.25, 0.3) is 0 Å². The molecule has 4 rings (SSSR count). The van der Waals surface area contributed by atoms with E-state index in [1.54, 1.807) is 5.57 Å². The molecule has 3 fully saturated rings. The number of allylic oxidation sites excluding steroid dienone is 2. The van der Waals surface area contributed by atoms with Crippen LogP contribution in [0.15, 0.2) is 24.3 Å². The third kappa shape index (κ3) is 6.79. The Morgan fingerprint density at radius 2 is 1.87 bits per heavy atom. The van der Waals surface area contributed by atoms with E-state index in [2.05, 4.69) is 51.7 Å². The number of carbonyl (C=O) groups excluding carboxylic acids is 1. The standard InChI is InChI=1S/C35H60N2O2/c1-6-26(13-11-12-25(2)3)30-16-17-31-29-15-14-27-24-28(39-33(38)37-23-10-8-7-9-22-36)18-20-34(27,4)32(29)19-21-35(30,31)5/h6,14,25-26,28-32H,1,7-13,15-24,36H2,2-5H3,(H,37,38). The summed E-state index contributed by atoms with van der Waals surface area (Å²) in [5, 5.41) is 2.98. The summed E-state index contributed by atoms with van der Waals surface area (Å²) in [6, 6.07) is 0. The maximum Gasteiger partial charge on any atom is 0.407 e. The molecule has 0 saturated heterocycles. The molecule has 0 aromatic heterocycles. The van der Waals surface area contributed by atoms with Gasteiger partial charge in [0.1, 0.15) is 6.10 Å². The van der Waals surface area contributed by atoms with Gasteiger partial charge < -0.3 is 15.8 Å². The second kappa shape index (κ2) is 13.6. The number of unbranched alkanes of at least 4 members (excludes halogenated alkanes) is 3. The van der Waals surface area contributed by atoms with E-state index in [0.29, 0.717) is 17.9 Å². The fraction of sp³-hybridized carbons (Fsp3) is 0.857. The quantitative estimate of drug-likeness (QED) is 0.181. The lowest BCUT2D eigenvalue weighted by Crippen LogP contribution is -2.51. The van der Waals surface area contributed by atoms with Crippen molar-refractivity contribution in [2.75, 3.05) is 13.1 Å².